The maximum atomic E-state index is 9.90. The second-order valence-corrected chi connectivity index (χ2v) is 5.43. The van der Waals surface area contributed by atoms with Gasteiger partial charge in [-0.15, -0.1) is 0 Å². The third-order valence-corrected chi connectivity index (χ3v) is 3.58. The van der Waals surface area contributed by atoms with Crippen molar-refractivity contribution < 1.29 is 15.2 Å². The van der Waals surface area contributed by atoms with Gasteiger partial charge in [-0.2, -0.15) is 0 Å². The molecule has 0 aromatic rings. The first-order chi connectivity index (χ1) is 10.1. The first-order valence-electron chi connectivity index (χ1n) is 7.12. The number of rotatable bonds is 8. The predicted octanol–water partition coefficient (Wildman–Crippen LogP) is 1.84. The van der Waals surface area contributed by atoms with Crippen molar-refractivity contribution in [1.82, 2.24) is 10.4 Å². The number of hydrogen-bond donors (Lipinski definition) is 3. The van der Waals surface area contributed by atoms with Gasteiger partial charge in [-0.1, -0.05) is 29.3 Å². The summed E-state index contributed by atoms with van der Waals surface area (Å²) in [6.45, 7) is 4.66. The third-order valence-electron chi connectivity index (χ3n) is 3.20. The maximum Gasteiger partial charge on any atom is 0.129 e. The first-order valence-corrected chi connectivity index (χ1v) is 7.50. The molecule has 0 aliphatic carbocycles. The summed E-state index contributed by atoms with van der Waals surface area (Å²) in [5.41, 5.74) is 3.31. The number of β-amino-alcohol motifs (C(OH)–C–C–N with tert-alkyl or cyclic N) is 1. The van der Waals surface area contributed by atoms with E-state index in [-0.39, 0.29) is 6.61 Å². The van der Waals surface area contributed by atoms with Crippen LogP contribution in [0.4, 0.5) is 0 Å². The average molecular weight is 318 g/mol. The molecule has 0 radical (unpaired) electrons. The van der Waals surface area contributed by atoms with E-state index in [1.807, 2.05) is 0 Å². The van der Waals surface area contributed by atoms with Gasteiger partial charge >= 0.3 is 0 Å². The number of likely N-dealkylation sites (tertiary alicyclic amines) is 1. The Bertz CT molecular complexity index is 380. The van der Waals surface area contributed by atoms with Crippen LogP contribution in [-0.4, -0.2) is 53.8 Å². The van der Waals surface area contributed by atoms with Gasteiger partial charge in [0, 0.05) is 6.54 Å². The number of nitrogens with zero attached hydrogens (tertiary/aromatic N) is 2. The number of hydroxylamine groups is 1. The molecule has 0 spiro atoms. The molecular weight excluding hydrogens is 294 g/mol. The van der Waals surface area contributed by atoms with Gasteiger partial charge in [0.25, 0.3) is 0 Å². The van der Waals surface area contributed by atoms with Gasteiger partial charge < -0.3 is 15.2 Å². The van der Waals surface area contributed by atoms with E-state index < -0.39 is 6.10 Å². The number of oxime groups is 1. The highest BCUT2D eigenvalue weighted by Gasteiger charge is 2.14. The monoisotopic (exact) mass is 317 g/mol. The van der Waals surface area contributed by atoms with E-state index in [0.717, 1.165) is 18.7 Å². The molecule has 1 aliphatic heterocycles. The summed E-state index contributed by atoms with van der Waals surface area (Å²) >= 11 is 5.98. The quantitative estimate of drug-likeness (QED) is 0.209. The Labute approximate surface area is 130 Å². The number of piperidine rings is 1. The highest BCUT2D eigenvalue weighted by molar-refractivity contribution is 6.29. The first kappa shape index (κ1) is 18.0. The summed E-state index contributed by atoms with van der Waals surface area (Å²) in [6, 6.07) is 0. The lowest BCUT2D eigenvalue weighted by molar-refractivity contribution is -0.0179. The Kier molecular flexibility index (Phi) is 9.09. The van der Waals surface area contributed by atoms with Gasteiger partial charge in [-0.3, -0.25) is 10.3 Å². The van der Waals surface area contributed by atoms with Crippen molar-refractivity contribution in [3.05, 3.63) is 22.9 Å². The van der Waals surface area contributed by atoms with Gasteiger partial charge in [0.1, 0.15) is 11.8 Å². The third kappa shape index (κ3) is 8.06. The molecule has 1 fully saturated rings. The van der Waals surface area contributed by atoms with Gasteiger partial charge in [0.2, 0.25) is 0 Å². The zero-order valence-electron chi connectivity index (χ0n) is 12.3. The van der Waals surface area contributed by atoms with Crippen molar-refractivity contribution in [2.24, 2.45) is 5.16 Å². The highest BCUT2D eigenvalue weighted by Crippen LogP contribution is 2.09. The Hall–Kier alpha value is -1.08. The number of aliphatic hydroxyl groups is 1. The van der Waals surface area contributed by atoms with Crippen molar-refractivity contribution in [3.63, 3.8) is 0 Å². The molecule has 6 nitrogen and oxygen atoms in total. The lowest BCUT2D eigenvalue weighted by Gasteiger charge is -2.28. The molecule has 1 atom stereocenters. The van der Waals surface area contributed by atoms with Crippen LogP contribution in [0.3, 0.4) is 0 Å². The Morgan fingerprint density at radius 2 is 2.14 bits per heavy atom. The predicted molar refractivity (Wildman–Crippen MR) is 83.4 cm³/mol. The zero-order valence-corrected chi connectivity index (χ0v) is 13.1. The van der Waals surface area contributed by atoms with Crippen LogP contribution >= 0.6 is 11.6 Å². The highest BCUT2D eigenvalue weighted by atomic mass is 35.5. The summed E-state index contributed by atoms with van der Waals surface area (Å²) in [4.78, 5) is 7.44. The van der Waals surface area contributed by atoms with Crippen molar-refractivity contribution in [2.45, 2.75) is 32.3 Å². The standard InChI is InChI=1S/C14H24ClN3O3/c1-12(6-5-7-16-20)14(15)17-21-11-13(19)10-18-8-3-2-4-9-18/h5-7,13,17,19-20H,2-4,8-11H2,1H3. The topological polar surface area (TPSA) is 77.3 Å². The molecule has 0 aromatic carbocycles. The second kappa shape index (κ2) is 10.6. The molecule has 0 saturated carbocycles. The molecule has 0 bridgehead atoms. The van der Waals surface area contributed by atoms with Crippen LogP contribution in [0.2, 0.25) is 0 Å². The zero-order chi connectivity index (χ0) is 15.5. The minimum Gasteiger partial charge on any atom is -0.411 e. The average Bonchev–Trinajstić information content (AvgIpc) is 2.48. The minimum atomic E-state index is -0.544. The Balaban J connectivity index is 2.23. The number of hydrogen-bond acceptors (Lipinski definition) is 6. The number of nitrogens with one attached hydrogen (secondary N) is 1. The van der Waals surface area contributed by atoms with Gasteiger partial charge in [0.05, 0.1) is 12.3 Å². The van der Waals surface area contributed by atoms with Crippen molar-refractivity contribution in [2.75, 3.05) is 26.2 Å². The summed E-state index contributed by atoms with van der Waals surface area (Å²) in [5.74, 6) is 0. The van der Waals surface area contributed by atoms with Crippen LogP contribution in [0.15, 0.2) is 28.0 Å². The van der Waals surface area contributed by atoms with E-state index in [2.05, 4.69) is 15.5 Å². The molecule has 7 heteroatoms. The van der Waals surface area contributed by atoms with Crippen LogP contribution < -0.4 is 5.48 Å². The van der Waals surface area contributed by atoms with Gasteiger partial charge in [-0.05, 0) is 44.5 Å². The van der Waals surface area contributed by atoms with E-state index >= 15 is 0 Å². The van der Waals surface area contributed by atoms with Crippen LogP contribution in [0.5, 0.6) is 0 Å². The summed E-state index contributed by atoms with van der Waals surface area (Å²) in [7, 11) is 0. The molecule has 1 rings (SSSR count). The minimum absolute atomic E-state index is 0.168. The smallest absolute Gasteiger partial charge is 0.129 e. The second-order valence-electron chi connectivity index (χ2n) is 5.05. The molecule has 0 amide bonds. The number of allylic oxidation sites excluding steroid dienone is 3. The van der Waals surface area contributed by atoms with Crippen LogP contribution in [0.1, 0.15) is 26.2 Å². The molecule has 120 valence electrons. The SMILES string of the molecule is CC(C=CC=NO)=C(Cl)NOCC(O)CN1CCCCC1. The van der Waals surface area contributed by atoms with Crippen molar-refractivity contribution in [3.8, 4) is 0 Å². The normalized spacial score (nSPS) is 20.0. The molecule has 1 aliphatic rings. The van der Waals surface area contributed by atoms with Gasteiger partial charge in [-0.25, -0.2) is 0 Å². The fraction of sp³-hybridized carbons (Fsp3) is 0.643. The molecule has 1 saturated heterocycles. The van der Waals surface area contributed by atoms with E-state index in [0.29, 0.717) is 11.7 Å². The fourth-order valence-corrected chi connectivity index (χ4v) is 2.19. The Morgan fingerprint density at radius 1 is 1.43 bits per heavy atom. The Morgan fingerprint density at radius 3 is 2.81 bits per heavy atom. The lowest BCUT2D eigenvalue weighted by Crippen LogP contribution is -2.38. The van der Waals surface area contributed by atoms with E-state index in [9.17, 15) is 5.11 Å². The van der Waals surface area contributed by atoms with E-state index in [1.165, 1.54) is 25.5 Å². The molecule has 0 aromatic heterocycles. The number of aliphatic hydroxyl groups excluding tert-OH is 1. The molecular formula is C14H24ClN3O3. The molecule has 1 unspecified atom stereocenters. The summed E-state index contributed by atoms with van der Waals surface area (Å²) in [5, 5.41) is 21.3. The largest absolute Gasteiger partial charge is 0.411 e. The maximum absolute atomic E-state index is 9.90. The van der Waals surface area contributed by atoms with Crippen LogP contribution in [0, 0.1) is 0 Å². The molecule has 3 N–H and O–H groups in total. The van der Waals surface area contributed by atoms with Crippen molar-refractivity contribution in [1.29, 1.82) is 0 Å². The molecule has 1 heterocycles. The van der Waals surface area contributed by atoms with Crippen LogP contribution in [0.25, 0.3) is 0 Å². The van der Waals surface area contributed by atoms with E-state index in [4.69, 9.17) is 21.6 Å². The van der Waals surface area contributed by atoms with Gasteiger partial charge in [0.15, 0.2) is 0 Å². The van der Waals surface area contributed by atoms with Crippen LogP contribution in [-0.2, 0) is 4.84 Å². The van der Waals surface area contributed by atoms with E-state index in [1.54, 1.807) is 19.1 Å². The summed E-state index contributed by atoms with van der Waals surface area (Å²) in [6.07, 6.45) is 7.58. The summed E-state index contributed by atoms with van der Waals surface area (Å²) < 4.78 is 0. The lowest BCUT2D eigenvalue weighted by atomic mass is 10.1. The van der Waals surface area contributed by atoms with Crippen molar-refractivity contribution >= 4 is 17.8 Å². The molecule has 21 heavy (non-hydrogen) atoms. The number of halogens is 1. The fourth-order valence-electron chi connectivity index (χ4n) is 2.07.